The van der Waals surface area contributed by atoms with Crippen LogP contribution >= 0.6 is 11.8 Å². The monoisotopic (exact) mass is 308 g/mol. The molecule has 0 spiro atoms. The van der Waals surface area contributed by atoms with Gasteiger partial charge in [-0.1, -0.05) is 0 Å². The van der Waals surface area contributed by atoms with Crippen molar-refractivity contribution in [2.45, 2.75) is 18.5 Å². The van der Waals surface area contributed by atoms with Crippen molar-refractivity contribution in [1.82, 2.24) is 10.6 Å². The van der Waals surface area contributed by atoms with Crippen molar-refractivity contribution in [3.8, 4) is 0 Å². The van der Waals surface area contributed by atoms with E-state index in [0.717, 1.165) is 5.41 Å². The van der Waals surface area contributed by atoms with Crippen molar-refractivity contribution >= 4 is 33.6 Å². The van der Waals surface area contributed by atoms with Crippen LogP contribution in [0, 0.1) is 0 Å². The number of amides is 2. The third-order valence-corrected chi connectivity index (χ3v) is 4.50. The van der Waals surface area contributed by atoms with Crippen molar-refractivity contribution < 1.29 is 23.1 Å². The molecule has 1 rings (SSSR count). The van der Waals surface area contributed by atoms with Gasteiger partial charge in [0.2, 0.25) is 0 Å². The van der Waals surface area contributed by atoms with Crippen molar-refractivity contribution in [2.75, 3.05) is 17.8 Å². The first-order valence-electron chi connectivity index (χ1n) is 5.54. The SMILES string of the molecule is CSCCC(NC(=O)NC1C=CS(=O)(=O)C1)C(=O)O. The third-order valence-electron chi connectivity index (χ3n) is 2.46. The molecule has 0 saturated carbocycles. The summed E-state index contributed by atoms with van der Waals surface area (Å²) < 4.78 is 22.3. The van der Waals surface area contributed by atoms with Crippen LogP contribution in [0.4, 0.5) is 4.79 Å². The van der Waals surface area contributed by atoms with Crippen molar-refractivity contribution in [3.63, 3.8) is 0 Å². The van der Waals surface area contributed by atoms with Crippen LogP contribution < -0.4 is 10.6 Å². The summed E-state index contributed by atoms with van der Waals surface area (Å²) in [6.45, 7) is 0. The Bertz CT molecular complexity index is 474. The van der Waals surface area contributed by atoms with Crippen LogP contribution in [-0.2, 0) is 14.6 Å². The minimum absolute atomic E-state index is 0.191. The molecule has 9 heteroatoms. The lowest BCUT2D eigenvalue weighted by Crippen LogP contribution is -2.49. The van der Waals surface area contributed by atoms with E-state index in [1.807, 2.05) is 6.26 Å². The number of sulfone groups is 1. The molecule has 0 aromatic heterocycles. The molecule has 1 aliphatic rings. The Morgan fingerprint density at radius 3 is 2.68 bits per heavy atom. The lowest BCUT2D eigenvalue weighted by Gasteiger charge is -2.16. The smallest absolute Gasteiger partial charge is 0.326 e. The van der Waals surface area contributed by atoms with Crippen LogP contribution in [0.25, 0.3) is 0 Å². The Morgan fingerprint density at radius 2 is 2.21 bits per heavy atom. The predicted molar refractivity (Wildman–Crippen MR) is 72.8 cm³/mol. The summed E-state index contributed by atoms with van der Waals surface area (Å²) in [7, 11) is -3.24. The first kappa shape index (κ1) is 15.8. The summed E-state index contributed by atoms with van der Waals surface area (Å²) >= 11 is 1.48. The quantitative estimate of drug-likeness (QED) is 0.626. The van der Waals surface area contributed by atoms with E-state index in [1.54, 1.807) is 0 Å². The van der Waals surface area contributed by atoms with Crippen molar-refractivity contribution in [2.24, 2.45) is 0 Å². The molecule has 0 saturated heterocycles. The summed E-state index contributed by atoms with van der Waals surface area (Å²) in [5.74, 6) is -0.698. The Kier molecular flexibility index (Phi) is 5.67. The van der Waals surface area contributed by atoms with Gasteiger partial charge < -0.3 is 15.7 Å². The maximum atomic E-state index is 11.6. The van der Waals surface area contributed by atoms with Gasteiger partial charge in [-0.2, -0.15) is 11.8 Å². The molecule has 0 aliphatic carbocycles. The summed E-state index contributed by atoms with van der Waals surface area (Å²) in [5, 5.41) is 14.7. The van der Waals surface area contributed by atoms with Gasteiger partial charge in [0.15, 0.2) is 9.84 Å². The Morgan fingerprint density at radius 1 is 1.53 bits per heavy atom. The van der Waals surface area contributed by atoms with Crippen LogP contribution in [0.1, 0.15) is 6.42 Å². The summed E-state index contributed by atoms with van der Waals surface area (Å²) in [4.78, 5) is 22.5. The van der Waals surface area contributed by atoms with Gasteiger partial charge in [0.25, 0.3) is 0 Å². The largest absolute Gasteiger partial charge is 0.480 e. The third kappa shape index (κ3) is 5.52. The number of aliphatic carboxylic acids is 1. The highest BCUT2D eigenvalue weighted by atomic mass is 32.2. The van der Waals surface area contributed by atoms with Gasteiger partial charge in [-0.05, 0) is 24.5 Å². The van der Waals surface area contributed by atoms with E-state index in [1.165, 1.54) is 17.8 Å². The number of carbonyl (C=O) groups is 2. The van der Waals surface area contributed by atoms with Gasteiger partial charge >= 0.3 is 12.0 Å². The van der Waals surface area contributed by atoms with Crippen molar-refractivity contribution in [1.29, 1.82) is 0 Å². The topological polar surface area (TPSA) is 113 Å². The second-order valence-corrected chi connectivity index (χ2v) is 6.97. The number of rotatable bonds is 6. The zero-order chi connectivity index (χ0) is 14.5. The molecular weight excluding hydrogens is 292 g/mol. The Labute approximate surface area is 115 Å². The molecule has 0 radical (unpaired) electrons. The Balaban J connectivity index is 2.45. The number of hydrogen-bond acceptors (Lipinski definition) is 5. The highest BCUT2D eigenvalue weighted by Crippen LogP contribution is 2.07. The first-order chi connectivity index (χ1) is 8.84. The van der Waals surface area contributed by atoms with E-state index in [0.29, 0.717) is 12.2 Å². The van der Waals surface area contributed by atoms with E-state index in [2.05, 4.69) is 10.6 Å². The highest BCUT2D eigenvalue weighted by Gasteiger charge is 2.25. The fraction of sp³-hybridized carbons (Fsp3) is 0.600. The molecule has 7 nitrogen and oxygen atoms in total. The van der Waals surface area contributed by atoms with E-state index < -0.39 is 33.9 Å². The number of thioether (sulfide) groups is 1. The normalized spacial score (nSPS) is 21.8. The van der Waals surface area contributed by atoms with Crippen LogP contribution in [0.2, 0.25) is 0 Å². The molecule has 2 unspecified atom stereocenters. The molecule has 0 bridgehead atoms. The van der Waals surface area contributed by atoms with Gasteiger partial charge in [0.05, 0.1) is 11.8 Å². The molecule has 1 heterocycles. The second kappa shape index (κ2) is 6.80. The summed E-state index contributed by atoms with van der Waals surface area (Å²) in [6, 6.07) is -2.27. The van der Waals surface area contributed by atoms with E-state index in [-0.39, 0.29) is 5.75 Å². The predicted octanol–water partition coefficient (Wildman–Crippen LogP) is -0.197. The zero-order valence-corrected chi connectivity index (χ0v) is 12.0. The number of carboxylic acid groups (broad SMARTS) is 1. The van der Waals surface area contributed by atoms with Crippen LogP contribution in [0.5, 0.6) is 0 Å². The van der Waals surface area contributed by atoms with E-state index in [9.17, 15) is 18.0 Å². The van der Waals surface area contributed by atoms with Gasteiger partial charge in [-0.15, -0.1) is 0 Å². The molecule has 19 heavy (non-hydrogen) atoms. The average Bonchev–Trinajstić information content (AvgIpc) is 2.63. The summed E-state index contributed by atoms with van der Waals surface area (Å²) in [6.07, 6.45) is 3.52. The molecule has 0 aromatic rings. The molecule has 0 fully saturated rings. The standard InChI is InChI=1S/C10H16N2O5S2/c1-18-4-2-8(9(13)14)12-10(15)11-7-3-5-19(16,17)6-7/h3,5,7-8H,2,4,6H2,1H3,(H,13,14)(H2,11,12,15). The van der Waals surface area contributed by atoms with Crippen LogP contribution in [-0.4, -0.2) is 55.4 Å². The highest BCUT2D eigenvalue weighted by molar-refractivity contribution is 7.98. The first-order valence-corrected chi connectivity index (χ1v) is 8.64. The van der Waals surface area contributed by atoms with E-state index >= 15 is 0 Å². The number of hydrogen-bond donors (Lipinski definition) is 3. The fourth-order valence-electron chi connectivity index (χ4n) is 1.53. The molecule has 3 N–H and O–H groups in total. The zero-order valence-electron chi connectivity index (χ0n) is 10.3. The molecular formula is C10H16N2O5S2. The fourth-order valence-corrected chi connectivity index (χ4v) is 3.23. The summed E-state index contributed by atoms with van der Waals surface area (Å²) in [5.41, 5.74) is 0. The molecule has 1 aliphatic heterocycles. The molecule has 108 valence electrons. The number of carbonyl (C=O) groups excluding carboxylic acids is 1. The van der Waals surface area contributed by atoms with Gasteiger partial charge in [0.1, 0.15) is 6.04 Å². The molecule has 0 aromatic carbocycles. The lowest BCUT2D eigenvalue weighted by atomic mass is 10.2. The average molecular weight is 308 g/mol. The van der Waals surface area contributed by atoms with Crippen LogP contribution in [0.3, 0.4) is 0 Å². The maximum Gasteiger partial charge on any atom is 0.326 e. The number of carboxylic acids is 1. The van der Waals surface area contributed by atoms with Crippen LogP contribution in [0.15, 0.2) is 11.5 Å². The Hall–Kier alpha value is -1.22. The minimum Gasteiger partial charge on any atom is -0.480 e. The molecule has 2 atom stereocenters. The van der Waals surface area contributed by atoms with Gasteiger partial charge in [-0.3, -0.25) is 0 Å². The van der Waals surface area contributed by atoms with Gasteiger partial charge in [0, 0.05) is 5.41 Å². The van der Waals surface area contributed by atoms with Gasteiger partial charge in [-0.25, -0.2) is 18.0 Å². The van der Waals surface area contributed by atoms with E-state index in [4.69, 9.17) is 5.11 Å². The second-order valence-electron chi connectivity index (χ2n) is 4.05. The van der Waals surface area contributed by atoms with Crippen molar-refractivity contribution in [3.05, 3.63) is 11.5 Å². The molecule has 2 amide bonds. The lowest BCUT2D eigenvalue weighted by molar-refractivity contribution is -0.139. The maximum absolute atomic E-state index is 11.6. The minimum atomic E-state index is -3.24. The number of nitrogens with one attached hydrogen (secondary N) is 2. The number of urea groups is 1.